The molecular formula is C8H13N3O2S. The number of amides is 1. The molecule has 0 bridgehead atoms. The zero-order valence-electron chi connectivity index (χ0n) is 8.10. The highest BCUT2D eigenvalue weighted by Gasteiger charge is 2.17. The minimum absolute atomic E-state index is 0.0599. The van der Waals surface area contributed by atoms with E-state index in [9.17, 15) is 4.79 Å². The molecule has 0 saturated carbocycles. The number of aliphatic hydroxyl groups excluding tert-OH is 1. The van der Waals surface area contributed by atoms with Crippen LogP contribution >= 0.6 is 11.5 Å². The van der Waals surface area contributed by atoms with E-state index in [2.05, 4.69) is 14.9 Å². The van der Waals surface area contributed by atoms with Crippen molar-refractivity contribution in [1.82, 2.24) is 14.9 Å². The van der Waals surface area contributed by atoms with Crippen LogP contribution in [-0.2, 0) is 0 Å². The van der Waals surface area contributed by atoms with Crippen molar-refractivity contribution in [3.05, 3.63) is 11.1 Å². The third-order valence-corrected chi connectivity index (χ3v) is 2.57. The average Bonchev–Trinajstić information content (AvgIpc) is 2.65. The van der Waals surface area contributed by atoms with Crippen molar-refractivity contribution in [2.75, 3.05) is 6.61 Å². The molecule has 14 heavy (non-hydrogen) atoms. The monoisotopic (exact) mass is 215 g/mol. The molecule has 0 unspecified atom stereocenters. The summed E-state index contributed by atoms with van der Waals surface area (Å²) in [5.74, 6) is -0.0300. The molecule has 0 fully saturated rings. The van der Waals surface area contributed by atoms with Gasteiger partial charge in [-0.3, -0.25) is 4.79 Å². The number of carbonyl (C=O) groups excluding carboxylic acids is 1. The quantitative estimate of drug-likeness (QED) is 0.756. The Morgan fingerprint density at radius 1 is 1.71 bits per heavy atom. The summed E-state index contributed by atoms with van der Waals surface area (Å²) in [5, 5.41) is 15.3. The first-order valence-electron chi connectivity index (χ1n) is 4.34. The summed E-state index contributed by atoms with van der Waals surface area (Å²) in [6.45, 7) is 3.81. The van der Waals surface area contributed by atoms with Crippen LogP contribution in [0.5, 0.6) is 0 Å². The first-order chi connectivity index (χ1) is 6.65. The second-order valence-corrected chi connectivity index (χ2v) is 4.07. The van der Waals surface area contributed by atoms with Crippen LogP contribution in [0.2, 0.25) is 0 Å². The van der Waals surface area contributed by atoms with Crippen LogP contribution in [0.1, 0.15) is 23.5 Å². The van der Waals surface area contributed by atoms with Crippen molar-refractivity contribution in [3.63, 3.8) is 0 Å². The number of aliphatic hydroxyl groups is 1. The Hall–Kier alpha value is -1.01. The van der Waals surface area contributed by atoms with E-state index in [1.54, 1.807) is 0 Å². The van der Waals surface area contributed by atoms with Crippen LogP contribution in [0.25, 0.3) is 0 Å². The lowest BCUT2D eigenvalue weighted by molar-refractivity contribution is 0.0901. The molecule has 0 aliphatic carbocycles. The molecule has 0 radical (unpaired) electrons. The van der Waals surface area contributed by atoms with E-state index in [1.807, 2.05) is 13.8 Å². The summed E-state index contributed by atoms with van der Waals surface area (Å²) < 4.78 is 3.59. The van der Waals surface area contributed by atoms with Crippen molar-refractivity contribution in [3.8, 4) is 0 Å². The molecule has 0 aliphatic heterocycles. The minimum Gasteiger partial charge on any atom is -0.394 e. The van der Waals surface area contributed by atoms with Gasteiger partial charge in [-0.15, -0.1) is 5.10 Å². The third kappa shape index (κ3) is 2.74. The molecule has 0 saturated heterocycles. The van der Waals surface area contributed by atoms with Gasteiger partial charge < -0.3 is 10.4 Å². The molecule has 1 aromatic heterocycles. The summed E-state index contributed by atoms with van der Waals surface area (Å²) >= 11 is 1.04. The van der Waals surface area contributed by atoms with E-state index in [0.717, 1.165) is 11.5 Å². The highest BCUT2D eigenvalue weighted by Crippen LogP contribution is 2.05. The van der Waals surface area contributed by atoms with Gasteiger partial charge in [-0.25, -0.2) is 0 Å². The van der Waals surface area contributed by atoms with Crippen LogP contribution in [0.15, 0.2) is 6.20 Å². The predicted octanol–water partition coefficient (Wildman–Crippen LogP) is 0.285. The number of hydrogen-bond acceptors (Lipinski definition) is 5. The summed E-state index contributed by atoms with van der Waals surface area (Å²) in [6.07, 6.45) is 1.41. The van der Waals surface area contributed by atoms with Crippen molar-refractivity contribution in [2.45, 2.75) is 19.9 Å². The lowest BCUT2D eigenvalue weighted by atomic mass is 10.1. The van der Waals surface area contributed by atoms with Gasteiger partial charge in [0.25, 0.3) is 5.91 Å². The Balaban J connectivity index is 2.56. The molecule has 0 aromatic carbocycles. The summed E-state index contributed by atoms with van der Waals surface area (Å²) in [7, 11) is 0. The maximum absolute atomic E-state index is 11.5. The molecule has 2 N–H and O–H groups in total. The Kier molecular flexibility index (Phi) is 3.97. The molecule has 5 nitrogen and oxygen atoms in total. The van der Waals surface area contributed by atoms with Crippen molar-refractivity contribution < 1.29 is 9.90 Å². The molecule has 1 heterocycles. The van der Waals surface area contributed by atoms with Gasteiger partial charge in [0.1, 0.15) is 4.88 Å². The first kappa shape index (κ1) is 11.1. The molecule has 78 valence electrons. The Labute approximate surface area is 86.3 Å². The average molecular weight is 215 g/mol. The third-order valence-electron chi connectivity index (χ3n) is 1.90. The summed E-state index contributed by atoms with van der Waals surface area (Å²) in [4.78, 5) is 11.9. The largest absolute Gasteiger partial charge is 0.394 e. The van der Waals surface area contributed by atoms with Gasteiger partial charge >= 0.3 is 0 Å². The van der Waals surface area contributed by atoms with Gasteiger partial charge in [-0.1, -0.05) is 18.3 Å². The van der Waals surface area contributed by atoms with Crippen LogP contribution in [0.3, 0.4) is 0 Å². The molecule has 1 aromatic rings. The van der Waals surface area contributed by atoms with E-state index in [-0.39, 0.29) is 24.5 Å². The van der Waals surface area contributed by atoms with Crippen LogP contribution < -0.4 is 5.32 Å². The van der Waals surface area contributed by atoms with Crippen LogP contribution in [0, 0.1) is 5.92 Å². The van der Waals surface area contributed by atoms with E-state index in [4.69, 9.17) is 5.11 Å². The lowest BCUT2D eigenvalue weighted by Gasteiger charge is -2.18. The number of rotatable bonds is 4. The molecule has 1 amide bonds. The van der Waals surface area contributed by atoms with E-state index in [1.165, 1.54) is 6.20 Å². The normalized spacial score (nSPS) is 12.9. The Bertz CT molecular complexity index is 287. The molecule has 0 aliphatic rings. The zero-order chi connectivity index (χ0) is 10.6. The van der Waals surface area contributed by atoms with Gasteiger partial charge in [0.15, 0.2) is 0 Å². The molecule has 1 atom stereocenters. The Morgan fingerprint density at radius 3 is 2.86 bits per heavy atom. The van der Waals surface area contributed by atoms with Gasteiger partial charge in [0, 0.05) is 0 Å². The van der Waals surface area contributed by atoms with Gasteiger partial charge in [-0.2, -0.15) is 0 Å². The second-order valence-electron chi connectivity index (χ2n) is 3.29. The van der Waals surface area contributed by atoms with Gasteiger partial charge in [0.2, 0.25) is 0 Å². The molecule has 0 spiro atoms. The standard InChI is InChI=1S/C8H13N3O2S/c1-5(2)6(4-12)10-8(13)7-3-9-11-14-7/h3,5-6,12H,4H2,1-2H3,(H,10,13)/t6-/m1/s1. The zero-order valence-corrected chi connectivity index (χ0v) is 8.91. The Morgan fingerprint density at radius 2 is 2.43 bits per heavy atom. The molecule has 1 rings (SSSR count). The van der Waals surface area contributed by atoms with E-state index >= 15 is 0 Å². The van der Waals surface area contributed by atoms with Gasteiger partial charge in [0.05, 0.1) is 18.8 Å². The number of aromatic nitrogens is 2. The van der Waals surface area contributed by atoms with E-state index in [0.29, 0.717) is 4.88 Å². The fraction of sp³-hybridized carbons (Fsp3) is 0.625. The van der Waals surface area contributed by atoms with Crippen molar-refractivity contribution in [2.24, 2.45) is 5.92 Å². The SMILES string of the molecule is CC(C)[C@@H](CO)NC(=O)c1cnns1. The van der Waals surface area contributed by atoms with Crippen LogP contribution in [0.4, 0.5) is 0 Å². The topological polar surface area (TPSA) is 75.1 Å². The maximum Gasteiger partial charge on any atom is 0.264 e. The van der Waals surface area contributed by atoms with Crippen molar-refractivity contribution >= 4 is 17.4 Å². The summed E-state index contributed by atoms with van der Waals surface area (Å²) in [5.41, 5.74) is 0. The fourth-order valence-corrected chi connectivity index (χ4v) is 1.35. The highest BCUT2D eigenvalue weighted by molar-refractivity contribution is 7.07. The maximum atomic E-state index is 11.5. The van der Waals surface area contributed by atoms with Crippen LogP contribution in [-0.4, -0.2) is 33.2 Å². The predicted molar refractivity (Wildman–Crippen MR) is 53.1 cm³/mol. The number of nitrogens with one attached hydrogen (secondary N) is 1. The second kappa shape index (κ2) is 5.02. The van der Waals surface area contributed by atoms with Crippen molar-refractivity contribution in [1.29, 1.82) is 0 Å². The van der Waals surface area contributed by atoms with E-state index < -0.39 is 0 Å². The fourth-order valence-electron chi connectivity index (χ4n) is 0.930. The number of nitrogens with zero attached hydrogens (tertiary/aromatic N) is 2. The first-order valence-corrected chi connectivity index (χ1v) is 5.11. The summed E-state index contributed by atoms with van der Waals surface area (Å²) in [6, 6.07) is -0.218. The smallest absolute Gasteiger partial charge is 0.264 e. The lowest BCUT2D eigenvalue weighted by Crippen LogP contribution is -2.40. The number of carbonyl (C=O) groups is 1. The number of hydrogen-bond donors (Lipinski definition) is 2. The van der Waals surface area contributed by atoms with Gasteiger partial charge in [-0.05, 0) is 17.5 Å². The molecule has 6 heteroatoms. The molecular weight excluding hydrogens is 202 g/mol. The highest BCUT2D eigenvalue weighted by atomic mass is 32.1. The minimum atomic E-state index is -0.229.